The maximum absolute atomic E-state index is 11.0. The van der Waals surface area contributed by atoms with Gasteiger partial charge in [-0.2, -0.15) is 0 Å². The van der Waals surface area contributed by atoms with Crippen LogP contribution in [0.3, 0.4) is 0 Å². The van der Waals surface area contributed by atoms with E-state index in [1.807, 2.05) is 10.9 Å². The third kappa shape index (κ3) is 2.98. The lowest BCUT2D eigenvalue weighted by Gasteiger charge is -2.09. The highest BCUT2D eigenvalue weighted by molar-refractivity contribution is 7.07. The summed E-state index contributed by atoms with van der Waals surface area (Å²) in [6, 6.07) is 4.99. The van der Waals surface area contributed by atoms with Gasteiger partial charge in [-0.3, -0.25) is 4.79 Å². The Bertz CT molecular complexity index is 539. The smallest absolute Gasteiger partial charge is 0.248 e. The number of carbonyl (C=O) groups is 1. The second-order valence-corrected chi connectivity index (χ2v) is 4.54. The van der Waals surface area contributed by atoms with Crippen LogP contribution >= 0.6 is 11.3 Å². The summed E-state index contributed by atoms with van der Waals surface area (Å²) in [6.45, 7) is 0.740. The molecule has 2 aromatic rings. The van der Waals surface area contributed by atoms with E-state index in [-0.39, 0.29) is 0 Å². The summed E-state index contributed by atoms with van der Waals surface area (Å²) < 4.78 is 0. The average Bonchev–Trinajstić information content (AvgIpc) is 2.84. The molecule has 0 aliphatic heterocycles. The number of amides is 1. The Labute approximate surface area is 109 Å². The number of carbonyl (C=O) groups excluding carboxylic acids is 1. The maximum Gasteiger partial charge on any atom is 0.248 e. The van der Waals surface area contributed by atoms with Crippen molar-refractivity contribution in [1.29, 1.82) is 0 Å². The first-order valence-electron chi connectivity index (χ1n) is 5.47. The van der Waals surface area contributed by atoms with Crippen LogP contribution in [-0.2, 0) is 6.42 Å². The van der Waals surface area contributed by atoms with E-state index in [2.05, 4.69) is 10.3 Å². The molecule has 0 bridgehead atoms. The summed E-state index contributed by atoms with van der Waals surface area (Å²) in [5.74, 6) is -0.476. The lowest BCUT2D eigenvalue weighted by Crippen LogP contribution is -2.12. The number of nitrogen functional groups attached to an aromatic ring is 1. The highest BCUT2D eigenvalue weighted by atomic mass is 32.1. The fourth-order valence-electron chi connectivity index (χ4n) is 1.56. The summed E-state index contributed by atoms with van der Waals surface area (Å²) in [6.07, 6.45) is 0.834. The Kier molecular flexibility index (Phi) is 3.78. The Morgan fingerprint density at radius 2 is 2.28 bits per heavy atom. The maximum atomic E-state index is 11.0. The van der Waals surface area contributed by atoms with Gasteiger partial charge in [-0.1, -0.05) is 0 Å². The van der Waals surface area contributed by atoms with Crippen LogP contribution in [0.2, 0.25) is 0 Å². The number of benzene rings is 1. The zero-order chi connectivity index (χ0) is 13.0. The molecule has 18 heavy (non-hydrogen) atoms. The van der Waals surface area contributed by atoms with Gasteiger partial charge in [0.1, 0.15) is 0 Å². The molecule has 1 amide bonds. The Morgan fingerprint density at radius 1 is 1.44 bits per heavy atom. The van der Waals surface area contributed by atoms with E-state index in [4.69, 9.17) is 11.5 Å². The predicted molar refractivity (Wildman–Crippen MR) is 73.7 cm³/mol. The summed E-state index contributed by atoms with van der Waals surface area (Å²) in [5.41, 5.74) is 15.6. The van der Waals surface area contributed by atoms with Gasteiger partial charge in [0.2, 0.25) is 5.91 Å². The summed E-state index contributed by atoms with van der Waals surface area (Å²) in [4.78, 5) is 15.2. The second-order valence-electron chi connectivity index (χ2n) is 3.82. The van der Waals surface area contributed by atoms with Crippen LogP contribution in [0.4, 0.5) is 11.4 Å². The van der Waals surface area contributed by atoms with Gasteiger partial charge in [-0.25, -0.2) is 4.98 Å². The lowest BCUT2D eigenvalue weighted by atomic mass is 10.1. The molecule has 0 spiro atoms. The summed E-state index contributed by atoms with van der Waals surface area (Å²) in [5, 5.41) is 5.22. The van der Waals surface area contributed by atoms with E-state index in [0.717, 1.165) is 24.3 Å². The van der Waals surface area contributed by atoms with E-state index in [9.17, 15) is 4.79 Å². The van der Waals surface area contributed by atoms with E-state index in [1.165, 1.54) is 0 Å². The first kappa shape index (κ1) is 12.4. The molecule has 0 aliphatic rings. The third-order valence-corrected chi connectivity index (χ3v) is 3.15. The highest BCUT2D eigenvalue weighted by Crippen LogP contribution is 2.19. The fraction of sp³-hybridized carbons (Fsp3) is 0.167. The third-order valence-electron chi connectivity index (χ3n) is 2.52. The predicted octanol–water partition coefficient (Wildman–Crippen LogP) is 1.48. The molecule has 1 aromatic heterocycles. The van der Waals surface area contributed by atoms with Crippen molar-refractivity contribution in [3.05, 3.63) is 40.3 Å². The molecule has 5 N–H and O–H groups in total. The van der Waals surface area contributed by atoms with Crippen molar-refractivity contribution < 1.29 is 4.79 Å². The molecule has 0 unspecified atom stereocenters. The first-order chi connectivity index (χ1) is 8.66. The first-order valence-corrected chi connectivity index (χ1v) is 6.41. The van der Waals surface area contributed by atoms with Crippen molar-refractivity contribution in [2.24, 2.45) is 5.73 Å². The van der Waals surface area contributed by atoms with Crippen molar-refractivity contribution in [3.63, 3.8) is 0 Å². The molecule has 0 saturated heterocycles. The van der Waals surface area contributed by atoms with Crippen molar-refractivity contribution in [1.82, 2.24) is 4.98 Å². The van der Waals surface area contributed by atoms with Crippen LogP contribution < -0.4 is 16.8 Å². The molecule has 94 valence electrons. The van der Waals surface area contributed by atoms with Gasteiger partial charge in [-0.05, 0) is 18.2 Å². The van der Waals surface area contributed by atoms with E-state index in [1.54, 1.807) is 29.5 Å². The van der Waals surface area contributed by atoms with Gasteiger partial charge in [0, 0.05) is 23.9 Å². The van der Waals surface area contributed by atoms with Crippen LogP contribution in [0, 0.1) is 0 Å². The molecule has 0 radical (unpaired) electrons. The zero-order valence-corrected chi connectivity index (χ0v) is 10.5. The molecule has 0 atom stereocenters. The topological polar surface area (TPSA) is 94.0 Å². The Balaban J connectivity index is 1.95. The minimum atomic E-state index is -0.476. The van der Waals surface area contributed by atoms with Gasteiger partial charge in [0.25, 0.3) is 0 Å². The van der Waals surface area contributed by atoms with Crippen LogP contribution in [-0.4, -0.2) is 17.4 Å². The molecular weight excluding hydrogens is 248 g/mol. The van der Waals surface area contributed by atoms with E-state index < -0.39 is 5.91 Å². The van der Waals surface area contributed by atoms with Crippen molar-refractivity contribution >= 4 is 28.6 Å². The Hall–Kier alpha value is -2.08. The molecule has 0 aliphatic carbocycles. The molecule has 2 rings (SSSR count). The zero-order valence-electron chi connectivity index (χ0n) is 9.72. The number of nitrogens with two attached hydrogens (primary N) is 2. The van der Waals surface area contributed by atoms with Crippen LogP contribution in [0.25, 0.3) is 0 Å². The minimum absolute atomic E-state index is 0.414. The standard InChI is InChI=1S/C12H14N4OS/c13-10-5-8(12(14)17)1-2-11(10)15-4-3-9-6-18-7-16-9/h1-2,5-7,15H,3-4,13H2,(H2,14,17). The normalized spacial score (nSPS) is 10.2. The SMILES string of the molecule is NC(=O)c1ccc(NCCc2cscn2)c(N)c1. The van der Waals surface area contributed by atoms with Crippen LogP contribution in [0.5, 0.6) is 0 Å². The van der Waals surface area contributed by atoms with E-state index in [0.29, 0.717) is 11.3 Å². The number of anilines is 2. The molecule has 6 heteroatoms. The lowest BCUT2D eigenvalue weighted by molar-refractivity contribution is 0.100. The highest BCUT2D eigenvalue weighted by Gasteiger charge is 2.04. The monoisotopic (exact) mass is 262 g/mol. The van der Waals surface area contributed by atoms with Crippen LogP contribution in [0.1, 0.15) is 16.1 Å². The largest absolute Gasteiger partial charge is 0.397 e. The van der Waals surface area contributed by atoms with Gasteiger partial charge in [-0.15, -0.1) is 11.3 Å². The number of nitrogens with zero attached hydrogens (tertiary/aromatic N) is 1. The van der Waals surface area contributed by atoms with E-state index >= 15 is 0 Å². The van der Waals surface area contributed by atoms with Gasteiger partial charge in [0.05, 0.1) is 22.6 Å². The molecule has 0 saturated carbocycles. The van der Waals surface area contributed by atoms with Crippen molar-refractivity contribution in [2.45, 2.75) is 6.42 Å². The molecular formula is C12H14N4OS. The fourth-order valence-corrected chi connectivity index (χ4v) is 2.16. The van der Waals surface area contributed by atoms with Crippen molar-refractivity contribution in [3.8, 4) is 0 Å². The average molecular weight is 262 g/mol. The van der Waals surface area contributed by atoms with Gasteiger partial charge in [0.15, 0.2) is 0 Å². The minimum Gasteiger partial charge on any atom is -0.397 e. The molecule has 0 fully saturated rings. The summed E-state index contributed by atoms with van der Waals surface area (Å²) >= 11 is 1.58. The number of thiazole rings is 1. The molecule has 1 aromatic carbocycles. The quantitative estimate of drug-likeness (QED) is 0.711. The summed E-state index contributed by atoms with van der Waals surface area (Å²) in [7, 11) is 0. The molecule has 1 heterocycles. The van der Waals surface area contributed by atoms with Crippen LogP contribution in [0.15, 0.2) is 29.1 Å². The number of hydrogen-bond donors (Lipinski definition) is 3. The Morgan fingerprint density at radius 3 is 2.89 bits per heavy atom. The number of hydrogen-bond acceptors (Lipinski definition) is 5. The number of aromatic nitrogens is 1. The van der Waals surface area contributed by atoms with Gasteiger partial charge < -0.3 is 16.8 Å². The van der Waals surface area contributed by atoms with Crippen molar-refractivity contribution in [2.75, 3.05) is 17.6 Å². The second kappa shape index (κ2) is 5.50. The number of nitrogens with one attached hydrogen (secondary N) is 1. The number of rotatable bonds is 5. The molecule has 5 nitrogen and oxygen atoms in total. The number of primary amides is 1. The van der Waals surface area contributed by atoms with Gasteiger partial charge >= 0.3 is 0 Å².